The summed E-state index contributed by atoms with van der Waals surface area (Å²) in [5, 5.41) is 16.1. The highest BCUT2D eigenvalue weighted by molar-refractivity contribution is 6.03. The molecule has 5 rings (SSSR count). The van der Waals surface area contributed by atoms with Crippen LogP contribution in [-0.4, -0.2) is 36.0 Å². The first-order chi connectivity index (χ1) is 15.2. The molecule has 0 saturated carbocycles. The second-order valence-corrected chi connectivity index (χ2v) is 6.58. The maximum absolute atomic E-state index is 13.0. The van der Waals surface area contributed by atoms with Gasteiger partial charge in [-0.1, -0.05) is 36.4 Å². The summed E-state index contributed by atoms with van der Waals surface area (Å²) < 4.78 is 8.22. The summed E-state index contributed by atoms with van der Waals surface area (Å²) in [7, 11) is 0. The van der Waals surface area contributed by atoms with Crippen LogP contribution in [0, 0.1) is 0 Å². The van der Waals surface area contributed by atoms with E-state index in [2.05, 4.69) is 20.6 Å². The third-order valence-electron chi connectivity index (χ3n) is 4.66. The molecule has 0 aliphatic carbocycles. The van der Waals surface area contributed by atoms with Crippen LogP contribution in [0.5, 0.6) is 5.75 Å². The zero-order valence-corrected chi connectivity index (χ0v) is 16.0. The average molecular weight is 410 g/mol. The minimum atomic E-state index is -0.670. The molecule has 0 spiro atoms. The molecule has 0 radical (unpaired) electrons. The lowest BCUT2D eigenvalue weighted by atomic mass is 10.1. The number of rotatable bonds is 4. The predicted octanol–water partition coefficient (Wildman–Crippen LogP) is 2.58. The first-order valence-electron chi connectivity index (χ1n) is 9.34. The smallest absolute Gasteiger partial charge is 0.364 e. The van der Waals surface area contributed by atoms with E-state index < -0.39 is 5.97 Å². The molecule has 0 atom stereocenters. The molecule has 150 valence electrons. The van der Waals surface area contributed by atoms with Crippen LogP contribution in [0.1, 0.15) is 10.5 Å². The number of hydrogen-bond acceptors (Lipinski definition) is 7. The number of carbonyl (C=O) groups excluding carboxylic acids is 1. The summed E-state index contributed by atoms with van der Waals surface area (Å²) in [4.78, 5) is 25.9. The van der Waals surface area contributed by atoms with Crippen molar-refractivity contribution >= 4 is 16.7 Å². The molecule has 0 aliphatic heterocycles. The van der Waals surface area contributed by atoms with E-state index >= 15 is 0 Å². The Labute approximate surface area is 175 Å². The first-order valence-corrected chi connectivity index (χ1v) is 9.34. The third-order valence-corrected chi connectivity index (χ3v) is 4.66. The minimum absolute atomic E-state index is 0.0450. The van der Waals surface area contributed by atoms with E-state index in [1.807, 2.05) is 6.07 Å². The van der Waals surface area contributed by atoms with Gasteiger partial charge in [0, 0.05) is 5.39 Å². The molecule has 9 heteroatoms. The molecule has 2 aromatic heterocycles. The van der Waals surface area contributed by atoms with Crippen LogP contribution in [0.25, 0.3) is 22.1 Å². The fourth-order valence-corrected chi connectivity index (χ4v) is 3.19. The summed E-state index contributed by atoms with van der Waals surface area (Å²) in [5.74, 6) is -0.346. The summed E-state index contributed by atoms with van der Waals surface area (Å²) >= 11 is 0. The Kier molecular flexibility index (Phi) is 4.53. The van der Waals surface area contributed by atoms with Crippen molar-refractivity contribution in [1.29, 1.82) is 0 Å². The standard InChI is InChI=1S/C22H14N6O3/c29-21-19-9-5-4-8-18(19)20(24-28(21)16-6-2-1-3-7-16)22(30)31-17-12-10-15(11-13-17)27-14-23-25-26-27/h1-14H. The van der Waals surface area contributed by atoms with Crippen LogP contribution in [0.15, 0.2) is 90.0 Å². The van der Waals surface area contributed by atoms with E-state index in [-0.39, 0.29) is 11.3 Å². The maximum Gasteiger partial charge on any atom is 0.364 e. The van der Waals surface area contributed by atoms with Crippen LogP contribution in [0.2, 0.25) is 0 Å². The predicted molar refractivity (Wildman–Crippen MR) is 111 cm³/mol. The van der Waals surface area contributed by atoms with Crippen LogP contribution >= 0.6 is 0 Å². The Bertz CT molecular complexity index is 1430. The van der Waals surface area contributed by atoms with Crippen molar-refractivity contribution in [3.63, 3.8) is 0 Å². The van der Waals surface area contributed by atoms with Crippen molar-refractivity contribution in [3.05, 3.63) is 101 Å². The number of ether oxygens (including phenoxy) is 1. The minimum Gasteiger partial charge on any atom is -0.422 e. The van der Waals surface area contributed by atoms with Gasteiger partial charge in [-0.2, -0.15) is 9.78 Å². The lowest BCUT2D eigenvalue weighted by Gasteiger charge is -2.11. The van der Waals surface area contributed by atoms with Crippen molar-refractivity contribution in [2.24, 2.45) is 0 Å². The fraction of sp³-hybridized carbons (Fsp3) is 0. The van der Waals surface area contributed by atoms with Gasteiger partial charge >= 0.3 is 5.97 Å². The van der Waals surface area contributed by atoms with Gasteiger partial charge in [-0.25, -0.2) is 9.48 Å². The number of nitrogens with zero attached hydrogens (tertiary/aromatic N) is 6. The van der Waals surface area contributed by atoms with Gasteiger partial charge in [0.05, 0.1) is 16.8 Å². The van der Waals surface area contributed by atoms with Crippen molar-refractivity contribution in [2.45, 2.75) is 0 Å². The van der Waals surface area contributed by atoms with E-state index in [0.717, 1.165) is 0 Å². The Morgan fingerprint density at radius 1 is 0.806 bits per heavy atom. The van der Waals surface area contributed by atoms with Crippen molar-refractivity contribution in [3.8, 4) is 17.1 Å². The SMILES string of the molecule is O=C(Oc1ccc(-n2cnnn2)cc1)c1nn(-c2ccccc2)c(=O)c2ccccc12. The molecule has 2 heterocycles. The molecular weight excluding hydrogens is 396 g/mol. The Hall–Kier alpha value is -4.66. The monoisotopic (exact) mass is 410 g/mol. The number of tetrazole rings is 1. The number of carbonyl (C=O) groups is 1. The second kappa shape index (κ2) is 7.64. The number of benzene rings is 3. The highest BCUT2D eigenvalue weighted by Crippen LogP contribution is 2.19. The van der Waals surface area contributed by atoms with Crippen molar-refractivity contribution in [2.75, 3.05) is 0 Å². The van der Waals surface area contributed by atoms with Gasteiger partial charge in [0.2, 0.25) is 0 Å². The number of esters is 1. The highest BCUT2D eigenvalue weighted by Gasteiger charge is 2.19. The van der Waals surface area contributed by atoms with Crippen molar-refractivity contribution in [1.82, 2.24) is 30.0 Å². The lowest BCUT2D eigenvalue weighted by Crippen LogP contribution is -2.25. The Morgan fingerprint density at radius 2 is 1.52 bits per heavy atom. The Morgan fingerprint density at radius 3 is 2.23 bits per heavy atom. The topological polar surface area (TPSA) is 105 Å². The van der Waals surface area contributed by atoms with E-state index in [4.69, 9.17) is 4.74 Å². The van der Waals surface area contributed by atoms with E-state index in [1.54, 1.807) is 72.8 Å². The summed E-state index contributed by atoms with van der Waals surface area (Å²) in [5.41, 5.74) is 0.997. The molecule has 0 bridgehead atoms. The molecule has 9 nitrogen and oxygen atoms in total. The van der Waals surface area contributed by atoms with Crippen LogP contribution in [-0.2, 0) is 0 Å². The zero-order chi connectivity index (χ0) is 21.2. The average Bonchev–Trinajstić information content (AvgIpc) is 3.35. The van der Waals surface area contributed by atoms with E-state index in [1.165, 1.54) is 15.7 Å². The fourth-order valence-electron chi connectivity index (χ4n) is 3.19. The number of aromatic nitrogens is 6. The molecule has 3 aromatic carbocycles. The van der Waals surface area contributed by atoms with Gasteiger partial charge in [-0.15, -0.1) is 5.10 Å². The summed E-state index contributed by atoms with van der Waals surface area (Å²) in [6.45, 7) is 0. The van der Waals surface area contributed by atoms with Gasteiger partial charge in [0.1, 0.15) is 12.1 Å². The van der Waals surface area contributed by atoms with Gasteiger partial charge in [0.25, 0.3) is 5.56 Å². The normalized spacial score (nSPS) is 10.8. The van der Waals surface area contributed by atoms with Gasteiger partial charge in [0.15, 0.2) is 5.69 Å². The molecule has 0 amide bonds. The van der Waals surface area contributed by atoms with Crippen molar-refractivity contribution < 1.29 is 9.53 Å². The molecule has 31 heavy (non-hydrogen) atoms. The lowest BCUT2D eigenvalue weighted by molar-refractivity contribution is 0.0729. The van der Waals surface area contributed by atoms with Gasteiger partial charge in [-0.3, -0.25) is 4.79 Å². The molecule has 0 unspecified atom stereocenters. The highest BCUT2D eigenvalue weighted by atomic mass is 16.5. The quantitative estimate of drug-likeness (QED) is 0.331. The largest absolute Gasteiger partial charge is 0.422 e. The van der Waals surface area contributed by atoms with Gasteiger partial charge in [-0.05, 0) is 52.9 Å². The number of para-hydroxylation sites is 1. The first kappa shape index (κ1) is 18.4. The van der Waals surface area contributed by atoms with E-state index in [0.29, 0.717) is 27.9 Å². The Balaban J connectivity index is 1.54. The van der Waals surface area contributed by atoms with Crippen LogP contribution < -0.4 is 10.3 Å². The molecule has 5 aromatic rings. The summed E-state index contributed by atoms with van der Waals surface area (Å²) in [6, 6.07) is 22.4. The zero-order valence-electron chi connectivity index (χ0n) is 16.0. The number of fused-ring (bicyclic) bond motifs is 1. The molecule has 0 N–H and O–H groups in total. The number of hydrogen-bond donors (Lipinski definition) is 0. The molecular formula is C22H14N6O3. The molecule has 0 saturated heterocycles. The van der Waals surface area contributed by atoms with Crippen LogP contribution in [0.4, 0.5) is 0 Å². The molecule has 0 fully saturated rings. The van der Waals surface area contributed by atoms with Gasteiger partial charge < -0.3 is 4.74 Å². The second-order valence-electron chi connectivity index (χ2n) is 6.58. The maximum atomic E-state index is 13.0. The van der Waals surface area contributed by atoms with Crippen LogP contribution in [0.3, 0.4) is 0 Å². The summed E-state index contributed by atoms with van der Waals surface area (Å²) in [6.07, 6.45) is 1.46. The third kappa shape index (κ3) is 3.44. The molecule has 0 aliphatic rings. The van der Waals surface area contributed by atoms with E-state index in [9.17, 15) is 9.59 Å².